The van der Waals surface area contributed by atoms with Gasteiger partial charge in [-0.1, -0.05) is 0 Å². The molecule has 2 aliphatic heterocycles. The van der Waals surface area contributed by atoms with Gasteiger partial charge in [-0.05, 0) is 50.8 Å². The van der Waals surface area contributed by atoms with Gasteiger partial charge in [0.15, 0.2) is 5.69 Å². The predicted molar refractivity (Wildman–Crippen MR) is 78.3 cm³/mol. The van der Waals surface area contributed by atoms with Crippen molar-refractivity contribution in [3.8, 4) is 0 Å². The largest absolute Gasteiger partial charge is 0.397 e. The smallest absolute Gasteiger partial charge is 0.272 e. The van der Waals surface area contributed by atoms with Crippen molar-refractivity contribution in [3.05, 3.63) is 24.0 Å². The molecule has 2 saturated heterocycles. The Kier molecular flexibility index (Phi) is 3.61. The van der Waals surface area contributed by atoms with Gasteiger partial charge in [0.05, 0.1) is 5.69 Å². The van der Waals surface area contributed by atoms with E-state index in [9.17, 15) is 4.79 Å². The quantitative estimate of drug-likeness (QED) is 0.870. The Morgan fingerprint density at radius 1 is 1.45 bits per heavy atom. The zero-order valence-electron chi connectivity index (χ0n) is 11.9. The number of piperidine rings is 1. The van der Waals surface area contributed by atoms with Crippen LogP contribution in [0.5, 0.6) is 0 Å². The van der Waals surface area contributed by atoms with E-state index < -0.39 is 0 Å². The van der Waals surface area contributed by atoms with Gasteiger partial charge in [-0.3, -0.25) is 4.79 Å². The molecule has 20 heavy (non-hydrogen) atoms. The molecule has 108 valence electrons. The summed E-state index contributed by atoms with van der Waals surface area (Å²) >= 11 is 0. The number of carbonyl (C=O) groups is 1. The molecule has 3 N–H and O–H groups in total. The molecule has 1 aromatic heterocycles. The van der Waals surface area contributed by atoms with Crippen LogP contribution in [-0.4, -0.2) is 41.5 Å². The fourth-order valence-corrected chi connectivity index (χ4v) is 3.62. The monoisotopic (exact) mass is 274 g/mol. The summed E-state index contributed by atoms with van der Waals surface area (Å²) in [4.78, 5) is 18.6. The van der Waals surface area contributed by atoms with Crippen molar-refractivity contribution in [2.24, 2.45) is 5.92 Å². The molecule has 3 rings (SSSR count). The number of hydrogen-bond donors (Lipinski definition) is 2. The molecule has 0 aliphatic carbocycles. The van der Waals surface area contributed by atoms with Crippen LogP contribution < -0.4 is 11.1 Å². The molecule has 0 aromatic carbocycles. The van der Waals surface area contributed by atoms with Crippen LogP contribution in [0.4, 0.5) is 5.69 Å². The van der Waals surface area contributed by atoms with Crippen LogP contribution in [0, 0.1) is 5.92 Å². The number of aromatic nitrogens is 1. The minimum absolute atomic E-state index is 0.158. The lowest BCUT2D eigenvalue weighted by atomic mass is 9.91. The maximum atomic E-state index is 12.1. The summed E-state index contributed by atoms with van der Waals surface area (Å²) in [5.41, 5.74) is 6.55. The number of anilines is 1. The van der Waals surface area contributed by atoms with Crippen LogP contribution in [0.15, 0.2) is 18.3 Å². The summed E-state index contributed by atoms with van der Waals surface area (Å²) in [7, 11) is 2.23. The van der Waals surface area contributed by atoms with E-state index in [0.29, 0.717) is 29.4 Å². The molecule has 2 atom stereocenters. The summed E-state index contributed by atoms with van der Waals surface area (Å²) in [6.07, 6.45) is 6.58. The van der Waals surface area contributed by atoms with Crippen LogP contribution in [0.2, 0.25) is 0 Å². The highest BCUT2D eigenvalue weighted by molar-refractivity contribution is 5.96. The van der Waals surface area contributed by atoms with Gasteiger partial charge in [-0.15, -0.1) is 0 Å². The zero-order valence-corrected chi connectivity index (χ0v) is 11.9. The molecule has 5 heteroatoms. The standard InChI is InChI=1S/C15H22N4O/c1-19-11-4-5-12(19)8-10(7-11)9-18-15(20)14-13(16)3-2-6-17-14/h2-3,6,10-12H,4-5,7-9,16H2,1H3,(H,18,20). The first-order valence-electron chi connectivity index (χ1n) is 7.35. The number of amides is 1. The van der Waals surface area contributed by atoms with Crippen molar-refractivity contribution in [1.82, 2.24) is 15.2 Å². The highest BCUT2D eigenvalue weighted by Gasteiger charge is 2.38. The number of hydrogen-bond acceptors (Lipinski definition) is 4. The molecule has 1 aromatic rings. The van der Waals surface area contributed by atoms with Crippen molar-refractivity contribution in [3.63, 3.8) is 0 Å². The fourth-order valence-electron chi connectivity index (χ4n) is 3.62. The summed E-state index contributed by atoms with van der Waals surface area (Å²) < 4.78 is 0. The lowest BCUT2D eigenvalue weighted by Crippen LogP contribution is -2.43. The summed E-state index contributed by atoms with van der Waals surface area (Å²) in [5, 5.41) is 2.99. The van der Waals surface area contributed by atoms with Gasteiger partial charge in [0, 0.05) is 24.8 Å². The predicted octanol–water partition coefficient (Wildman–Crippen LogP) is 1.27. The van der Waals surface area contributed by atoms with E-state index >= 15 is 0 Å². The van der Waals surface area contributed by atoms with Crippen molar-refractivity contribution in [2.75, 3.05) is 19.3 Å². The van der Waals surface area contributed by atoms with Crippen molar-refractivity contribution in [1.29, 1.82) is 0 Å². The van der Waals surface area contributed by atoms with Crippen molar-refractivity contribution in [2.45, 2.75) is 37.8 Å². The average Bonchev–Trinajstić information content (AvgIpc) is 2.66. The minimum Gasteiger partial charge on any atom is -0.397 e. The normalized spacial score (nSPS) is 29.4. The fraction of sp³-hybridized carbons (Fsp3) is 0.600. The number of fused-ring (bicyclic) bond motifs is 2. The van der Waals surface area contributed by atoms with Crippen molar-refractivity contribution >= 4 is 11.6 Å². The Morgan fingerprint density at radius 3 is 2.80 bits per heavy atom. The Balaban J connectivity index is 1.56. The number of nitrogens with two attached hydrogens (primary N) is 1. The second-order valence-corrected chi connectivity index (χ2v) is 6.04. The van der Waals surface area contributed by atoms with Gasteiger partial charge in [0.1, 0.15) is 0 Å². The van der Waals surface area contributed by atoms with Crippen LogP contribution in [0.1, 0.15) is 36.2 Å². The van der Waals surface area contributed by atoms with Gasteiger partial charge in [0.2, 0.25) is 0 Å². The summed E-state index contributed by atoms with van der Waals surface area (Å²) in [6, 6.07) is 4.85. The lowest BCUT2D eigenvalue weighted by Gasteiger charge is -2.36. The van der Waals surface area contributed by atoms with Crippen LogP contribution in [0.25, 0.3) is 0 Å². The molecule has 2 unspecified atom stereocenters. The maximum Gasteiger partial charge on any atom is 0.272 e. The van der Waals surface area contributed by atoms with E-state index in [-0.39, 0.29) is 5.91 Å². The van der Waals surface area contributed by atoms with E-state index in [1.807, 2.05) is 0 Å². The molecule has 2 bridgehead atoms. The molecule has 3 heterocycles. The molecule has 0 radical (unpaired) electrons. The molecule has 5 nitrogen and oxygen atoms in total. The van der Waals surface area contributed by atoms with Crippen LogP contribution in [0.3, 0.4) is 0 Å². The van der Waals surface area contributed by atoms with E-state index in [1.165, 1.54) is 25.7 Å². The molecular weight excluding hydrogens is 252 g/mol. The van der Waals surface area contributed by atoms with Gasteiger partial charge in [-0.2, -0.15) is 0 Å². The van der Waals surface area contributed by atoms with E-state index in [2.05, 4.69) is 22.2 Å². The molecule has 1 amide bonds. The second-order valence-electron chi connectivity index (χ2n) is 6.04. The summed E-state index contributed by atoms with van der Waals surface area (Å²) in [6.45, 7) is 0.732. The van der Waals surface area contributed by atoms with Crippen molar-refractivity contribution < 1.29 is 4.79 Å². The van der Waals surface area contributed by atoms with Gasteiger partial charge >= 0.3 is 0 Å². The lowest BCUT2D eigenvalue weighted by molar-refractivity contribution is 0.0913. The SMILES string of the molecule is CN1C2CCC1CC(CNC(=O)c1ncccc1N)C2. The number of nitrogens with one attached hydrogen (secondary N) is 1. The molecular formula is C15H22N4O. The second kappa shape index (κ2) is 5.40. The molecule has 2 fully saturated rings. The Labute approximate surface area is 119 Å². The highest BCUT2D eigenvalue weighted by atomic mass is 16.1. The first kappa shape index (κ1) is 13.4. The maximum absolute atomic E-state index is 12.1. The molecule has 0 saturated carbocycles. The highest BCUT2D eigenvalue weighted by Crippen LogP contribution is 2.37. The topological polar surface area (TPSA) is 71.2 Å². The third-order valence-electron chi connectivity index (χ3n) is 4.80. The van der Waals surface area contributed by atoms with Gasteiger partial charge in [-0.25, -0.2) is 4.98 Å². The number of nitrogens with zero attached hydrogens (tertiary/aromatic N) is 2. The number of nitrogen functional groups attached to an aromatic ring is 1. The zero-order chi connectivity index (χ0) is 14.1. The Morgan fingerprint density at radius 2 is 2.15 bits per heavy atom. The van der Waals surface area contributed by atoms with Gasteiger partial charge < -0.3 is 16.0 Å². The number of carbonyl (C=O) groups excluding carboxylic acids is 1. The van der Waals surface area contributed by atoms with Crippen LogP contribution >= 0.6 is 0 Å². The minimum atomic E-state index is -0.158. The van der Waals surface area contributed by atoms with E-state index in [0.717, 1.165) is 6.54 Å². The Hall–Kier alpha value is -1.62. The van der Waals surface area contributed by atoms with Crippen LogP contribution in [-0.2, 0) is 0 Å². The molecule has 0 spiro atoms. The number of pyridine rings is 1. The third kappa shape index (κ3) is 2.50. The van der Waals surface area contributed by atoms with E-state index in [1.54, 1.807) is 18.3 Å². The average molecular weight is 274 g/mol. The third-order valence-corrected chi connectivity index (χ3v) is 4.80. The number of rotatable bonds is 3. The first-order valence-corrected chi connectivity index (χ1v) is 7.35. The Bertz CT molecular complexity index is 490. The summed E-state index contributed by atoms with van der Waals surface area (Å²) in [5.74, 6) is 0.423. The van der Waals surface area contributed by atoms with Gasteiger partial charge in [0.25, 0.3) is 5.91 Å². The molecule has 2 aliphatic rings. The van der Waals surface area contributed by atoms with E-state index in [4.69, 9.17) is 5.73 Å². The first-order chi connectivity index (χ1) is 9.65.